The normalized spacial score (nSPS) is 12.7. The number of hydrogen-bond donors (Lipinski definition) is 1. The predicted molar refractivity (Wildman–Crippen MR) is 95.3 cm³/mol. The van der Waals surface area contributed by atoms with E-state index in [9.17, 15) is 13.2 Å². The number of nitrogens with zero attached hydrogens (tertiary/aromatic N) is 1. The Balaban J connectivity index is 2.64. The van der Waals surface area contributed by atoms with E-state index in [2.05, 4.69) is 19.2 Å². The van der Waals surface area contributed by atoms with E-state index in [0.717, 1.165) is 19.1 Å². The molecule has 6 heteroatoms. The summed E-state index contributed by atoms with van der Waals surface area (Å²) in [5.41, 5.74) is 1.08. The Kier molecular flexibility index (Phi) is 7.55. The predicted octanol–water partition coefficient (Wildman–Crippen LogP) is 3.03. The zero-order chi connectivity index (χ0) is 17.5. The average Bonchev–Trinajstić information content (AvgIpc) is 2.53. The van der Waals surface area contributed by atoms with E-state index in [1.807, 2.05) is 0 Å². The van der Waals surface area contributed by atoms with Crippen LogP contribution in [0.15, 0.2) is 24.3 Å². The smallest absolute Gasteiger partial charge is 0.251 e. The molecule has 0 aliphatic heterocycles. The Bertz CT molecular complexity index is 597. The third-order valence-electron chi connectivity index (χ3n) is 4.09. The summed E-state index contributed by atoms with van der Waals surface area (Å²) < 4.78 is 24.2. The fourth-order valence-corrected chi connectivity index (χ4v) is 2.80. The second-order valence-corrected chi connectivity index (χ2v) is 7.92. The standard InChI is InChI=1S/C17H28N2O3S/c1-5-7-8-14(6-2)13-18-17(20)15-9-11-16(12-10-15)19(3)23(4,21)22/h9-12,14H,5-8,13H2,1-4H3,(H,18,20). The number of benzene rings is 1. The Morgan fingerprint density at radius 2 is 1.83 bits per heavy atom. The maximum absolute atomic E-state index is 12.2. The quantitative estimate of drug-likeness (QED) is 0.751. The minimum absolute atomic E-state index is 0.117. The summed E-state index contributed by atoms with van der Waals surface area (Å²) in [4.78, 5) is 12.2. The first-order valence-corrected chi connectivity index (χ1v) is 9.96. The van der Waals surface area contributed by atoms with Gasteiger partial charge in [-0.15, -0.1) is 0 Å². The number of sulfonamides is 1. The lowest BCUT2D eigenvalue weighted by molar-refractivity contribution is 0.0946. The Labute approximate surface area is 140 Å². The van der Waals surface area contributed by atoms with Gasteiger partial charge < -0.3 is 5.32 Å². The first-order valence-electron chi connectivity index (χ1n) is 8.11. The van der Waals surface area contributed by atoms with E-state index >= 15 is 0 Å². The van der Waals surface area contributed by atoms with Crippen LogP contribution in [0.2, 0.25) is 0 Å². The number of amides is 1. The van der Waals surface area contributed by atoms with Gasteiger partial charge in [-0.1, -0.05) is 33.1 Å². The van der Waals surface area contributed by atoms with Crippen LogP contribution < -0.4 is 9.62 Å². The molecule has 1 unspecified atom stereocenters. The van der Waals surface area contributed by atoms with E-state index in [1.165, 1.54) is 24.2 Å². The summed E-state index contributed by atoms with van der Waals surface area (Å²) in [7, 11) is -1.80. The van der Waals surface area contributed by atoms with Crippen molar-refractivity contribution in [2.75, 3.05) is 24.2 Å². The van der Waals surface area contributed by atoms with E-state index < -0.39 is 10.0 Å². The fourth-order valence-electron chi connectivity index (χ4n) is 2.30. The lowest BCUT2D eigenvalue weighted by atomic mass is 9.99. The van der Waals surface area contributed by atoms with E-state index in [4.69, 9.17) is 0 Å². The molecule has 0 heterocycles. The van der Waals surface area contributed by atoms with E-state index in [1.54, 1.807) is 24.3 Å². The topological polar surface area (TPSA) is 66.5 Å². The van der Waals surface area contributed by atoms with Crippen LogP contribution in [-0.2, 0) is 10.0 Å². The Hall–Kier alpha value is -1.56. The summed E-state index contributed by atoms with van der Waals surface area (Å²) in [5, 5.41) is 2.97. The number of rotatable bonds is 9. The summed E-state index contributed by atoms with van der Waals surface area (Å²) in [5.74, 6) is 0.392. The third-order valence-corrected chi connectivity index (χ3v) is 5.29. The Morgan fingerprint density at radius 3 is 2.30 bits per heavy atom. The maximum Gasteiger partial charge on any atom is 0.251 e. The van der Waals surface area contributed by atoms with Gasteiger partial charge in [0.05, 0.1) is 11.9 Å². The van der Waals surface area contributed by atoms with E-state index in [0.29, 0.717) is 23.7 Å². The highest BCUT2D eigenvalue weighted by Crippen LogP contribution is 2.16. The molecule has 0 spiro atoms. The highest BCUT2D eigenvalue weighted by atomic mass is 32.2. The molecule has 5 nitrogen and oxygen atoms in total. The summed E-state index contributed by atoms with van der Waals surface area (Å²) >= 11 is 0. The van der Waals surface area contributed by atoms with Crippen molar-refractivity contribution in [1.29, 1.82) is 0 Å². The SMILES string of the molecule is CCCCC(CC)CNC(=O)c1ccc(N(C)S(C)(=O)=O)cc1. The van der Waals surface area contributed by atoms with Crippen molar-refractivity contribution in [2.45, 2.75) is 39.5 Å². The zero-order valence-electron chi connectivity index (χ0n) is 14.5. The van der Waals surface area contributed by atoms with Crippen molar-refractivity contribution in [3.05, 3.63) is 29.8 Å². The van der Waals surface area contributed by atoms with Gasteiger partial charge in [-0.25, -0.2) is 8.42 Å². The molecular weight excluding hydrogens is 312 g/mol. The van der Waals surface area contributed by atoms with Gasteiger partial charge in [-0.05, 0) is 36.6 Å². The molecule has 1 amide bonds. The molecule has 0 radical (unpaired) electrons. The van der Waals surface area contributed by atoms with Crippen molar-refractivity contribution >= 4 is 21.6 Å². The first-order chi connectivity index (χ1) is 10.8. The van der Waals surface area contributed by atoms with Crippen LogP contribution in [0.5, 0.6) is 0 Å². The van der Waals surface area contributed by atoms with Crippen molar-refractivity contribution in [3.8, 4) is 0 Å². The molecule has 1 aromatic carbocycles. The van der Waals surface area contributed by atoms with Gasteiger partial charge in [0.15, 0.2) is 0 Å². The summed E-state index contributed by atoms with van der Waals surface area (Å²) in [6.07, 6.45) is 5.68. The van der Waals surface area contributed by atoms with Gasteiger partial charge in [0, 0.05) is 19.2 Å². The first kappa shape index (κ1) is 19.5. The number of carbonyl (C=O) groups is 1. The van der Waals surface area contributed by atoms with E-state index in [-0.39, 0.29) is 5.91 Å². The molecule has 1 aromatic rings. The minimum atomic E-state index is -3.29. The van der Waals surface area contributed by atoms with Crippen LogP contribution in [-0.4, -0.2) is 34.2 Å². The van der Waals surface area contributed by atoms with Crippen LogP contribution in [0.1, 0.15) is 49.9 Å². The van der Waals surface area contributed by atoms with Crippen molar-refractivity contribution in [3.63, 3.8) is 0 Å². The molecule has 23 heavy (non-hydrogen) atoms. The van der Waals surface area contributed by atoms with Gasteiger partial charge in [-0.2, -0.15) is 0 Å². The molecule has 0 aliphatic carbocycles. The molecule has 1 N–H and O–H groups in total. The van der Waals surface area contributed by atoms with Gasteiger partial charge in [0.25, 0.3) is 5.91 Å². The van der Waals surface area contributed by atoms with Crippen molar-refractivity contribution < 1.29 is 13.2 Å². The average molecular weight is 340 g/mol. The molecule has 0 saturated heterocycles. The lowest BCUT2D eigenvalue weighted by Gasteiger charge is -2.17. The van der Waals surface area contributed by atoms with Crippen LogP contribution in [0.25, 0.3) is 0 Å². The number of anilines is 1. The monoisotopic (exact) mass is 340 g/mol. The molecule has 0 aromatic heterocycles. The van der Waals surface area contributed by atoms with Gasteiger partial charge in [0.1, 0.15) is 0 Å². The number of nitrogens with one attached hydrogen (secondary N) is 1. The van der Waals surface area contributed by atoms with Crippen LogP contribution in [0.4, 0.5) is 5.69 Å². The van der Waals surface area contributed by atoms with Gasteiger partial charge in [-0.3, -0.25) is 9.10 Å². The number of hydrogen-bond acceptors (Lipinski definition) is 3. The summed E-state index contributed by atoms with van der Waals surface area (Å²) in [6.45, 7) is 4.99. The Morgan fingerprint density at radius 1 is 1.22 bits per heavy atom. The summed E-state index contributed by atoms with van der Waals surface area (Å²) in [6, 6.07) is 6.59. The zero-order valence-corrected chi connectivity index (χ0v) is 15.3. The molecule has 0 fully saturated rings. The molecular formula is C17H28N2O3S. The van der Waals surface area contributed by atoms with Gasteiger partial charge >= 0.3 is 0 Å². The van der Waals surface area contributed by atoms with Crippen molar-refractivity contribution in [2.24, 2.45) is 5.92 Å². The van der Waals surface area contributed by atoms with Crippen LogP contribution in [0, 0.1) is 5.92 Å². The molecule has 0 saturated carbocycles. The van der Waals surface area contributed by atoms with Crippen LogP contribution in [0.3, 0.4) is 0 Å². The largest absolute Gasteiger partial charge is 0.352 e. The highest BCUT2D eigenvalue weighted by molar-refractivity contribution is 7.92. The fraction of sp³-hybridized carbons (Fsp3) is 0.588. The molecule has 1 rings (SSSR count). The molecule has 0 bridgehead atoms. The second-order valence-electron chi connectivity index (χ2n) is 5.90. The third kappa shape index (κ3) is 6.22. The maximum atomic E-state index is 12.2. The minimum Gasteiger partial charge on any atom is -0.352 e. The second kappa shape index (κ2) is 8.91. The highest BCUT2D eigenvalue weighted by Gasteiger charge is 2.13. The van der Waals surface area contributed by atoms with Gasteiger partial charge in [0.2, 0.25) is 10.0 Å². The van der Waals surface area contributed by atoms with Crippen LogP contribution >= 0.6 is 0 Å². The lowest BCUT2D eigenvalue weighted by Crippen LogP contribution is -2.29. The molecule has 0 aliphatic rings. The molecule has 1 atom stereocenters. The molecule has 130 valence electrons. The number of unbranched alkanes of at least 4 members (excludes halogenated alkanes) is 1. The number of carbonyl (C=O) groups excluding carboxylic acids is 1. The van der Waals surface area contributed by atoms with Crippen molar-refractivity contribution in [1.82, 2.24) is 5.32 Å².